The zero-order valence-electron chi connectivity index (χ0n) is 11.4. The number of para-hydroxylation sites is 1. The van der Waals surface area contributed by atoms with E-state index in [0.717, 1.165) is 18.5 Å². The van der Waals surface area contributed by atoms with Crippen LogP contribution in [0, 0.1) is 6.92 Å². The summed E-state index contributed by atoms with van der Waals surface area (Å²) in [7, 11) is 0. The molecule has 0 bridgehead atoms. The molecule has 100 valence electrons. The molecule has 0 fully saturated rings. The lowest BCUT2D eigenvalue weighted by molar-refractivity contribution is 1.09. The van der Waals surface area contributed by atoms with Crippen LogP contribution in [0.3, 0.4) is 0 Å². The lowest BCUT2D eigenvalue weighted by Crippen LogP contribution is -2.02. The Balaban J connectivity index is 2.08. The fraction of sp³-hybridized carbons (Fsp3) is 0.167. The van der Waals surface area contributed by atoms with E-state index in [9.17, 15) is 0 Å². The van der Waals surface area contributed by atoms with Gasteiger partial charge in [0.15, 0.2) is 0 Å². The van der Waals surface area contributed by atoms with E-state index in [0.29, 0.717) is 0 Å². The molecule has 0 spiro atoms. The normalized spacial score (nSPS) is 17.3. The molecule has 1 aliphatic heterocycles. The molecule has 0 amide bonds. The first kappa shape index (κ1) is 13.6. The van der Waals surface area contributed by atoms with Crippen molar-refractivity contribution in [2.75, 3.05) is 0 Å². The standard InChI is InChI=1S/C18H16IN/c1-13-9-11-14(12-10-13)17-8-4-6-16(19)15-5-2-3-7-18(15)20-17/h2-3,5-7,9-12H,4,8H2,1H3/b16-6+,20-17?. The molecular formula is C18H16IN. The first-order valence-corrected chi connectivity index (χ1v) is 7.91. The summed E-state index contributed by atoms with van der Waals surface area (Å²) in [6, 6.07) is 17.0. The third-order valence-electron chi connectivity index (χ3n) is 3.51. The lowest BCUT2D eigenvalue weighted by Gasteiger charge is -2.12. The molecule has 0 radical (unpaired) electrons. The molecule has 1 heterocycles. The number of aryl methyl sites for hydroxylation is 1. The smallest absolute Gasteiger partial charge is 0.0716 e. The van der Waals surface area contributed by atoms with Crippen molar-refractivity contribution in [3.05, 3.63) is 71.3 Å². The van der Waals surface area contributed by atoms with Crippen molar-refractivity contribution in [2.45, 2.75) is 19.8 Å². The van der Waals surface area contributed by atoms with Crippen molar-refractivity contribution in [1.29, 1.82) is 0 Å². The maximum Gasteiger partial charge on any atom is 0.0716 e. The van der Waals surface area contributed by atoms with E-state index in [1.54, 1.807) is 0 Å². The highest BCUT2D eigenvalue weighted by Crippen LogP contribution is 2.33. The van der Waals surface area contributed by atoms with Crippen LogP contribution in [0.4, 0.5) is 5.69 Å². The van der Waals surface area contributed by atoms with E-state index >= 15 is 0 Å². The van der Waals surface area contributed by atoms with Crippen LogP contribution >= 0.6 is 22.6 Å². The van der Waals surface area contributed by atoms with Crippen LogP contribution in [0.15, 0.2) is 59.6 Å². The SMILES string of the molecule is Cc1ccc(C2=Nc3ccccc3/C(I)=C\CC2)cc1. The minimum atomic E-state index is 0.990. The Kier molecular flexibility index (Phi) is 4.01. The lowest BCUT2D eigenvalue weighted by atomic mass is 10.0. The maximum atomic E-state index is 4.92. The minimum Gasteiger partial charge on any atom is -0.252 e. The molecule has 2 aromatic rings. The average Bonchev–Trinajstić information content (AvgIpc) is 2.45. The molecule has 1 aliphatic rings. The number of rotatable bonds is 1. The summed E-state index contributed by atoms with van der Waals surface area (Å²) in [5.41, 5.74) is 6.00. The van der Waals surface area contributed by atoms with Crippen LogP contribution < -0.4 is 0 Å². The van der Waals surface area contributed by atoms with Gasteiger partial charge in [-0.05, 0) is 54.0 Å². The van der Waals surface area contributed by atoms with E-state index in [4.69, 9.17) is 4.99 Å². The molecule has 0 saturated carbocycles. The second-order valence-electron chi connectivity index (χ2n) is 5.03. The third kappa shape index (κ3) is 2.85. The Morgan fingerprint density at radius 1 is 1.00 bits per heavy atom. The van der Waals surface area contributed by atoms with Crippen molar-refractivity contribution in [3.63, 3.8) is 0 Å². The monoisotopic (exact) mass is 373 g/mol. The summed E-state index contributed by atoms with van der Waals surface area (Å²) in [6.07, 6.45) is 4.34. The van der Waals surface area contributed by atoms with E-state index < -0.39 is 0 Å². The molecule has 0 saturated heterocycles. The number of hydrogen-bond acceptors (Lipinski definition) is 1. The molecule has 0 aromatic heterocycles. The van der Waals surface area contributed by atoms with Crippen molar-refractivity contribution in [3.8, 4) is 0 Å². The van der Waals surface area contributed by atoms with Gasteiger partial charge in [0.1, 0.15) is 0 Å². The summed E-state index contributed by atoms with van der Waals surface area (Å²) in [5.74, 6) is 0. The number of fused-ring (bicyclic) bond motifs is 1. The van der Waals surface area contributed by atoms with Crippen LogP contribution in [0.5, 0.6) is 0 Å². The molecule has 2 aromatic carbocycles. The fourth-order valence-corrected chi connectivity index (χ4v) is 3.14. The van der Waals surface area contributed by atoms with Gasteiger partial charge in [0.2, 0.25) is 0 Å². The molecule has 3 rings (SSSR count). The molecule has 2 heteroatoms. The fourth-order valence-electron chi connectivity index (χ4n) is 2.37. The van der Waals surface area contributed by atoms with E-state index in [2.05, 4.69) is 84.1 Å². The largest absolute Gasteiger partial charge is 0.252 e. The maximum absolute atomic E-state index is 4.92. The van der Waals surface area contributed by atoms with Gasteiger partial charge >= 0.3 is 0 Å². The summed E-state index contributed by atoms with van der Waals surface area (Å²) < 4.78 is 1.30. The molecular weight excluding hydrogens is 357 g/mol. The number of hydrogen-bond donors (Lipinski definition) is 0. The minimum absolute atomic E-state index is 0.990. The Morgan fingerprint density at radius 2 is 1.75 bits per heavy atom. The second kappa shape index (κ2) is 5.92. The summed E-state index contributed by atoms with van der Waals surface area (Å²) >= 11 is 2.41. The van der Waals surface area contributed by atoms with E-state index in [1.807, 2.05) is 0 Å². The van der Waals surface area contributed by atoms with Crippen molar-refractivity contribution in [1.82, 2.24) is 0 Å². The van der Waals surface area contributed by atoms with Gasteiger partial charge in [-0.3, -0.25) is 4.99 Å². The molecule has 0 aliphatic carbocycles. The van der Waals surface area contributed by atoms with Crippen LogP contribution in [0.2, 0.25) is 0 Å². The van der Waals surface area contributed by atoms with Crippen molar-refractivity contribution < 1.29 is 0 Å². The molecule has 0 N–H and O–H groups in total. The number of halogens is 1. The van der Waals surface area contributed by atoms with E-state index in [1.165, 1.54) is 26.0 Å². The first-order valence-electron chi connectivity index (χ1n) is 6.84. The Hall–Kier alpha value is -1.42. The van der Waals surface area contributed by atoms with Gasteiger partial charge in [0, 0.05) is 14.9 Å². The highest BCUT2D eigenvalue weighted by molar-refractivity contribution is 14.1. The van der Waals surface area contributed by atoms with Crippen LogP contribution in [0.1, 0.15) is 29.5 Å². The second-order valence-corrected chi connectivity index (χ2v) is 6.19. The van der Waals surface area contributed by atoms with Gasteiger partial charge in [0.25, 0.3) is 0 Å². The number of benzene rings is 2. The molecule has 0 atom stereocenters. The van der Waals surface area contributed by atoms with Crippen LogP contribution in [0.25, 0.3) is 3.58 Å². The quantitative estimate of drug-likeness (QED) is 0.570. The van der Waals surface area contributed by atoms with Gasteiger partial charge in [-0.1, -0.05) is 54.1 Å². The number of allylic oxidation sites excluding steroid dienone is 1. The molecule has 20 heavy (non-hydrogen) atoms. The first-order chi connectivity index (χ1) is 9.74. The van der Waals surface area contributed by atoms with Gasteiger partial charge in [0.05, 0.1) is 5.69 Å². The third-order valence-corrected chi connectivity index (χ3v) is 4.53. The Morgan fingerprint density at radius 3 is 2.55 bits per heavy atom. The van der Waals surface area contributed by atoms with E-state index in [-0.39, 0.29) is 0 Å². The van der Waals surface area contributed by atoms with Crippen LogP contribution in [-0.2, 0) is 0 Å². The predicted octanol–water partition coefficient (Wildman–Crippen LogP) is 5.69. The van der Waals surface area contributed by atoms with Crippen molar-refractivity contribution >= 4 is 37.6 Å². The number of aliphatic imine (C=N–C) groups is 1. The van der Waals surface area contributed by atoms with Gasteiger partial charge in [-0.15, -0.1) is 0 Å². The highest BCUT2D eigenvalue weighted by atomic mass is 127. The van der Waals surface area contributed by atoms with Crippen LogP contribution in [-0.4, -0.2) is 5.71 Å². The highest BCUT2D eigenvalue weighted by Gasteiger charge is 2.10. The summed E-state index contributed by atoms with van der Waals surface area (Å²) in [5, 5.41) is 0. The van der Waals surface area contributed by atoms with Crippen molar-refractivity contribution in [2.24, 2.45) is 4.99 Å². The molecule has 0 unspecified atom stereocenters. The average molecular weight is 373 g/mol. The Bertz CT molecular complexity index is 681. The summed E-state index contributed by atoms with van der Waals surface area (Å²) in [4.78, 5) is 4.92. The predicted molar refractivity (Wildman–Crippen MR) is 95.0 cm³/mol. The zero-order valence-corrected chi connectivity index (χ0v) is 13.6. The zero-order chi connectivity index (χ0) is 13.9. The Labute approximate surface area is 133 Å². The van der Waals surface area contributed by atoms with Gasteiger partial charge in [-0.25, -0.2) is 0 Å². The van der Waals surface area contributed by atoms with Gasteiger partial charge in [-0.2, -0.15) is 0 Å². The topological polar surface area (TPSA) is 12.4 Å². The van der Waals surface area contributed by atoms with Gasteiger partial charge < -0.3 is 0 Å². The summed E-state index contributed by atoms with van der Waals surface area (Å²) in [6.45, 7) is 2.12. The number of nitrogens with zero attached hydrogens (tertiary/aromatic N) is 1. The molecule has 1 nitrogen and oxygen atoms in total.